The minimum atomic E-state index is -4.45. The van der Waals surface area contributed by atoms with Gasteiger partial charge >= 0.3 is 6.18 Å². The van der Waals surface area contributed by atoms with Gasteiger partial charge in [-0.25, -0.2) is 0 Å². The third-order valence-corrected chi connectivity index (χ3v) is 5.85. The third-order valence-electron chi connectivity index (χ3n) is 5.46. The number of rotatable bonds is 6. The lowest BCUT2D eigenvalue weighted by Gasteiger charge is -2.17. The molecule has 0 aliphatic carbocycles. The summed E-state index contributed by atoms with van der Waals surface area (Å²) in [5.41, 5.74) is 1.50. The highest BCUT2D eigenvalue weighted by Crippen LogP contribution is 2.33. The van der Waals surface area contributed by atoms with E-state index in [1.165, 1.54) is 13.2 Å². The van der Waals surface area contributed by atoms with Crippen molar-refractivity contribution in [1.29, 1.82) is 0 Å². The summed E-state index contributed by atoms with van der Waals surface area (Å²) in [6.07, 6.45) is -4.45. The van der Waals surface area contributed by atoms with Crippen molar-refractivity contribution in [2.45, 2.75) is 25.7 Å². The highest BCUT2D eigenvalue weighted by Gasteiger charge is 2.30. The van der Waals surface area contributed by atoms with Gasteiger partial charge in [-0.1, -0.05) is 72.3 Å². The van der Waals surface area contributed by atoms with Gasteiger partial charge in [-0.05, 0) is 36.2 Å². The zero-order valence-electron chi connectivity index (χ0n) is 19.6. The summed E-state index contributed by atoms with van der Waals surface area (Å²) >= 11 is 6.60. The van der Waals surface area contributed by atoms with Crippen LogP contribution >= 0.6 is 11.6 Å². The normalized spacial score (nSPS) is 11.8. The number of carbonyl (C=O) groups is 2. The molecule has 0 radical (unpaired) electrons. The van der Waals surface area contributed by atoms with E-state index in [1.54, 1.807) is 34.9 Å². The largest absolute Gasteiger partial charge is 0.471 e. The Hall–Kier alpha value is -3.78. The summed E-state index contributed by atoms with van der Waals surface area (Å²) in [5, 5.41) is 3.89. The number of hydrogen-bond acceptors (Lipinski definition) is 3. The van der Waals surface area contributed by atoms with E-state index < -0.39 is 17.6 Å². The van der Waals surface area contributed by atoms with E-state index in [4.69, 9.17) is 16.4 Å². The minimum Gasteiger partial charge on any atom is -0.471 e. The summed E-state index contributed by atoms with van der Waals surface area (Å²) in [4.78, 5) is 22.2. The van der Waals surface area contributed by atoms with E-state index in [0.29, 0.717) is 22.9 Å². The van der Waals surface area contributed by atoms with Crippen molar-refractivity contribution in [3.05, 3.63) is 106 Å². The molecule has 0 spiro atoms. The fourth-order valence-electron chi connectivity index (χ4n) is 3.77. The van der Waals surface area contributed by atoms with E-state index in [0.717, 1.165) is 17.7 Å². The van der Waals surface area contributed by atoms with Gasteiger partial charge in [0.05, 0.1) is 29.3 Å². The molecule has 1 unspecified atom stereocenters. The van der Waals surface area contributed by atoms with Crippen LogP contribution in [0.1, 0.15) is 40.1 Å². The van der Waals surface area contributed by atoms with Crippen LogP contribution in [-0.4, -0.2) is 24.1 Å². The number of benzene rings is 3. The lowest BCUT2D eigenvalue weighted by Crippen LogP contribution is -2.29. The summed E-state index contributed by atoms with van der Waals surface area (Å²) < 4.78 is 45.1. The molecule has 0 aliphatic heterocycles. The zero-order chi connectivity index (χ0) is 26.3. The Bertz CT molecular complexity index is 1340. The van der Waals surface area contributed by atoms with Crippen molar-refractivity contribution in [3.8, 4) is 0 Å². The number of fused-ring (bicyclic) bond motifs is 1. The molecule has 3 aromatic carbocycles. The molecule has 0 aliphatic rings. The van der Waals surface area contributed by atoms with E-state index in [1.807, 2.05) is 37.3 Å². The fraction of sp³-hybridized carbons (Fsp3) is 0.185. The molecule has 5 nitrogen and oxygen atoms in total. The number of carbonyl (C=O) groups excluding carboxylic acids is 2. The fourth-order valence-corrected chi connectivity index (χ4v) is 4.11. The Balaban J connectivity index is 0.000000840. The first-order valence-corrected chi connectivity index (χ1v) is 11.3. The minimum absolute atomic E-state index is 0.0691. The van der Waals surface area contributed by atoms with Crippen LogP contribution in [-0.2, 0) is 22.3 Å². The van der Waals surface area contributed by atoms with Crippen molar-refractivity contribution in [3.63, 3.8) is 0 Å². The number of nitrogens with zero attached hydrogens (tertiary/aromatic N) is 1. The molecule has 188 valence electrons. The van der Waals surface area contributed by atoms with E-state index in [-0.39, 0.29) is 23.3 Å². The maximum atomic E-state index is 13.3. The van der Waals surface area contributed by atoms with Crippen molar-refractivity contribution in [1.82, 2.24) is 9.88 Å². The van der Waals surface area contributed by atoms with Gasteiger partial charge < -0.3 is 14.6 Å². The van der Waals surface area contributed by atoms with Crippen molar-refractivity contribution in [2.75, 3.05) is 7.11 Å². The molecular formula is C27H24ClF3N2O3. The Morgan fingerprint density at radius 1 is 1.06 bits per heavy atom. The van der Waals surface area contributed by atoms with E-state index in [2.05, 4.69) is 10.1 Å². The molecule has 1 aromatic heterocycles. The second kappa shape index (κ2) is 11.8. The second-order valence-corrected chi connectivity index (χ2v) is 8.28. The maximum Gasteiger partial charge on any atom is 0.416 e. The first-order valence-electron chi connectivity index (χ1n) is 10.9. The Morgan fingerprint density at radius 2 is 1.69 bits per heavy atom. The van der Waals surface area contributed by atoms with Gasteiger partial charge in [0.25, 0.3) is 12.4 Å². The lowest BCUT2D eigenvalue weighted by molar-refractivity contribution is -0.137. The first-order chi connectivity index (χ1) is 17.2. The van der Waals surface area contributed by atoms with Crippen LogP contribution in [0.15, 0.2) is 78.9 Å². The number of methoxy groups -OCH3 is 1. The summed E-state index contributed by atoms with van der Waals surface area (Å²) in [7, 11) is 1.31. The molecule has 0 saturated carbocycles. The quantitative estimate of drug-likeness (QED) is 0.292. The van der Waals surface area contributed by atoms with Gasteiger partial charge in [-0.15, -0.1) is 0 Å². The predicted molar refractivity (Wildman–Crippen MR) is 133 cm³/mol. The van der Waals surface area contributed by atoms with Gasteiger partial charge in [0.1, 0.15) is 5.69 Å². The zero-order valence-corrected chi connectivity index (χ0v) is 20.3. The smallest absolute Gasteiger partial charge is 0.416 e. The number of alkyl halides is 3. The SMILES string of the molecule is CC(NC(=O)c1c(Cl)c2ccccc2n1Cc1cccc(C(F)(F)F)c1)c1ccccc1.COC=O. The molecule has 0 saturated heterocycles. The monoisotopic (exact) mass is 516 g/mol. The Morgan fingerprint density at radius 3 is 2.33 bits per heavy atom. The average molecular weight is 517 g/mol. The molecule has 36 heavy (non-hydrogen) atoms. The number of halogens is 4. The van der Waals surface area contributed by atoms with E-state index >= 15 is 0 Å². The molecule has 1 amide bonds. The van der Waals surface area contributed by atoms with Gasteiger partial charge in [0, 0.05) is 11.9 Å². The molecule has 4 rings (SSSR count). The van der Waals surface area contributed by atoms with Gasteiger partial charge in [0.2, 0.25) is 0 Å². The van der Waals surface area contributed by atoms with Gasteiger partial charge in [-0.2, -0.15) is 13.2 Å². The third kappa shape index (κ3) is 6.26. The molecule has 4 aromatic rings. The standard InChI is InChI=1S/C25H20ClF3N2O.C2H4O2/c1-16(18-9-3-2-4-10-18)30-24(32)23-22(26)20-12-5-6-13-21(20)31(23)15-17-8-7-11-19(14-17)25(27,28)29;1-4-2-3/h2-14,16H,15H2,1H3,(H,30,32);2H,1H3. The molecular weight excluding hydrogens is 493 g/mol. The number of aromatic nitrogens is 1. The molecule has 9 heteroatoms. The van der Waals surface area contributed by atoms with E-state index in [9.17, 15) is 18.0 Å². The second-order valence-electron chi connectivity index (χ2n) is 7.90. The van der Waals surface area contributed by atoms with Crippen LogP contribution < -0.4 is 5.32 Å². The molecule has 1 N–H and O–H groups in total. The number of hydrogen-bond donors (Lipinski definition) is 1. The highest BCUT2D eigenvalue weighted by atomic mass is 35.5. The Kier molecular flexibility index (Phi) is 8.77. The number of ether oxygens (including phenoxy) is 1. The summed E-state index contributed by atoms with van der Waals surface area (Å²) in [6.45, 7) is 2.31. The van der Waals surface area contributed by atoms with Crippen LogP contribution in [0.3, 0.4) is 0 Å². The topological polar surface area (TPSA) is 60.3 Å². The Labute approximate surface area is 211 Å². The van der Waals surface area contributed by atoms with Crippen LogP contribution in [0.25, 0.3) is 10.9 Å². The predicted octanol–water partition coefficient (Wildman–Crippen LogP) is 6.64. The summed E-state index contributed by atoms with van der Waals surface area (Å²) in [5.74, 6) is -0.394. The molecule has 0 fully saturated rings. The summed E-state index contributed by atoms with van der Waals surface area (Å²) in [6, 6.07) is 21.5. The number of para-hydroxylation sites is 1. The molecule has 0 bridgehead atoms. The van der Waals surface area contributed by atoms with Crippen molar-refractivity contribution >= 4 is 34.9 Å². The van der Waals surface area contributed by atoms with Crippen LogP contribution in [0.4, 0.5) is 13.2 Å². The maximum absolute atomic E-state index is 13.3. The highest BCUT2D eigenvalue weighted by molar-refractivity contribution is 6.38. The van der Waals surface area contributed by atoms with Gasteiger partial charge in [0.15, 0.2) is 0 Å². The molecule has 1 heterocycles. The van der Waals surface area contributed by atoms with Crippen molar-refractivity contribution in [2.24, 2.45) is 0 Å². The van der Waals surface area contributed by atoms with Gasteiger partial charge in [-0.3, -0.25) is 9.59 Å². The van der Waals surface area contributed by atoms with Crippen LogP contribution in [0.5, 0.6) is 0 Å². The average Bonchev–Trinajstić information content (AvgIpc) is 3.15. The van der Waals surface area contributed by atoms with Crippen molar-refractivity contribution < 1.29 is 27.5 Å². The first kappa shape index (κ1) is 26.8. The number of nitrogens with one attached hydrogen (secondary N) is 1. The van der Waals surface area contributed by atoms with Crippen LogP contribution in [0.2, 0.25) is 5.02 Å². The molecule has 1 atom stereocenters. The van der Waals surface area contributed by atoms with Crippen LogP contribution in [0, 0.1) is 0 Å². The number of amides is 1. The lowest BCUT2D eigenvalue weighted by atomic mass is 10.1.